The van der Waals surface area contributed by atoms with E-state index < -0.39 is 0 Å². The number of phenolic OH excluding ortho intramolecular Hbond substituents is 2. The molecule has 2 rings (SSSR count). The van der Waals surface area contributed by atoms with Crippen molar-refractivity contribution in [2.45, 2.75) is 26.7 Å². The van der Waals surface area contributed by atoms with E-state index in [1.165, 1.54) is 6.07 Å². The van der Waals surface area contributed by atoms with Gasteiger partial charge in [0.25, 0.3) is 0 Å². The number of carbonyl (C=O) groups is 1. The molecule has 15 heavy (non-hydrogen) atoms. The highest BCUT2D eigenvalue weighted by Crippen LogP contribution is 2.39. The van der Waals surface area contributed by atoms with Crippen molar-refractivity contribution in [3.63, 3.8) is 0 Å². The molecule has 1 atom stereocenters. The van der Waals surface area contributed by atoms with Crippen molar-refractivity contribution in [2.75, 3.05) is 0 Å². The Morgan fingerprint density at radius 3 is 2.67 bits per heavy atom. The summed E-state index contributed by atoms with van der Waals surface area (Å²) in [5.41, 5.74) is 1.96. The molecule has 0 aliphatic heterocycles. The van der Waals surface area contributed by atoms with Crippen LogP contribution in [0.5, 0.6) is 11.5 Å². The van der Waals surface area contributed by atoms with E-state index in [0.717, 1.165) is 5.56 Å². The Labute approximate surface area is 88.4 Å². The van der Waals surface area contributed by atoms with Gasteiger partial charge in [-0.25, -0.2) is 0 Å². The molecule has 3 nitrogen and oxygen atoms in total. The first kappa shape index (κ1) is 10.0. The number of phenols is 2. The fourth-order valence-corrected chi connectivity index (χ4v) is 2.28. The number of fused-ring (bicyclic) bond motifs is 1. The highest BCUT2D eigenvalue weighted by atomic mass is 16.3. The van der Waals surface area contributed by atoms with Crippen LogP contribution in [0.4, 0.5) is 0 Å². The van der Waals surface area contributed by atoms with Crippen LogP contribution < -0.4 is 0 Å². The molecule has 0 unspecified atom stereocenters. The number of carbonyl (C=O) groups excluding carboxylic acids is 1. The molecule has 0 fully saturated rings. The lowest BCUT2D eigenvalue weighted by molar-refractivity contribution is 0.0951. The van der Waals surface area contributed by atoms with Crippen molar-refractivity contribution >= 4 is 5.78 Å². The first-order chi connectivity index (χ1) is 7.00. The second-order valence-corrected chi connectivity index (χ2v) is 4.35. The van der Waals surface area contributed by atoms with Crippen LogP contribution >= 0.6 is 0 Å². The minimum Gasteiger partial charge on any atom is -0.504 e. The molecule has 0 amide bonds. The Hall–Kier alpha value is -1.51. The number of aromatic hydroxyl groups is 2. The molecule has 0 bridgehead atoms. The van der Waals surface area contributed by atoms with Crippen LogP contribution in [0.1, 0.15) is 34.8 Å². The van der Waals surface area contributed by atoms with Crippen LogP contribution in [-0.4, -0.2) is 16.0 Å². The predicted octanol–water partition coefficient (Wildman–Crippen LogP) is 2.17. The van der Waals surface area contributed by atoms with E-state index in [0.29, 0.717) is 24.0 Å². The van der Waals surface area contributed by atoms with Gasteiger partial charge in [-0.3, -0.25) is 4.79 Å². The minimum atomic E-state index is -0.131. The Balaban J connectivity index is 2.69. The number of hydrogen-bond acceptors (Lipinski definition) is 3. The third-order valence-corrected chi connectivity index (χ3v) is 2.94. The van der Waals surface area contributed by atoms with E-state index in [9.17, 15) is 15.0 Å². The van der Waals surface area contributed by atoms with Crippen molar-refractivity contribution in [1.82, 2.24) is 0 Å². The Bertz CT molecular complexity index is 435. The van der Waals surface area contributed by atoms with Gasteiger partial charge in [0.15, 0.2) is 17.3 Å². The lowest BCUT2D eigenvalue weighted by atomic mass is 9.81. The Kier molecular flexibility index (Phi) is 2.18. The predicted molar refractivity (Wildman–Crippen MR) is 56.3 cm³/mol. The summed E-state index contributed by atoms with van der Waals surface area (Å²) in [5, 5.41) is 19.2. The maximum absolute atomic E-state index is 11.8. The van der Waals surface area contributed by atoms with Gasteiger partial charge in [0.05, 0.1) is 0 Å². The fraction of sp³-hybridized carbons (Fsp3) is 0.417. The lowest BCUT2D eigenvalue weighted by Crippen LogP contribution is -2.19. The maximum atomic E-state index is 11.8. The molecule has 0 saturated carbocycles. The van der Waals surface area contributed by atoms with Crippen LogP contribution in [0.25, 0.3) is 0 Å². The van der Waals surface area contributed by atoms with Gasteiger partial charge in [0.1, 0.15) is 0 Å². The smallest absolute Gasteiger partial charge is 0.163 e. The van der Waals surface area contributed by atoms with Crippen LogP contribution in [-0.2, 0) is 6.42 Å². The summed E-state index contributed by atoms with van der Waals surface area (Å²) < 4.78 is 0. The van der Waals surface area contributed by atoms with Crippen molar-refractivity contribution in [3.8, 4) is 11.5 Å². The summed E-state index contributed by atoms with van der Waals surface area (Å²) in [6.45, 7) is 3.76. The monoisotopic (exact) mass is 206 g/mol. The third-order valence-electron chi connectivity index (χ3n) is 2.94. The number of hydrogen-bond donors (Lipinski definition) is 2. The zero-order valence-electron chi connectivity index (χ0n) is 8.87. The first-order valence-electron chi connectivity index (χ1n) is 5.08. The molecule has 1 aliphatic rings. The molecule has 1 aromatic carbocycles. The average molecular weight is 206 g/mol. The van der Waals surface area contributed by atoms with Crippen LogP contribution in [0.15, 0.2) is 6.07 Å². The van der Waals surface area contributed by atoms with Crippen LogP contribution in [0, 0.1) is 12.8 Å². The fourth-order valence-electron chi connectivity index (χ4n) is 2.28. The summed E-state index contributed by atoms with van der Waals surface area (Å²) in [7, 11) is 0. The second-order valence-electron chi connectivity index (χ2n) is 4.35. The van der Waals surface area contributed by atoms with E-state index in [4.69, 9.17) is 0 Å². The molecule has 80 valence electrons. The van der Waals surface area contributed by atoms with Gasteiger partial charge < -0.3 is 10.2 Å². The minimum absolute atomic E-state index is 0.0663. The van der Waals surface area contributed by atoms with Gasteiger partial charge in [-0.15, -0.1) is 0 Å². The standard InChI is InChI=1S/C12H14O3/c1-6-3-8-11(9(13)4-6)7(2)5-10(14)12(8)15/h5-6,14-15H,3-4H2,1-2H3/t6-/m1/s1. The molecule has 0 spiro atoms. The van der Waals surface area contributed by atoms with Gasteiger partial charge in [-0.1, -0.05) is 6.92 Å². The quantitative estimate of drug-likeness (QED) is 0.639. The van der Waals surface area contributed by atoms with Crippen molar-refractivity contribution in [1.29, 1.82) is 0 Å². The zero-order valence-corrected chi connectivity index (χ0v) is 8.87. The van der Waals surface area contributed by atoms with E-state index in [2.05, 4.69) is 0 Å². The zero-order chi connectivity index (χ0) is 11.2. The third kappa shape index (κ3) is 1.48. The molecule has 0 saturated heterocycles. The number of aryl methyl sites for hydroxylation is 1. The molecule has 1 aliphatic carbocycles. The summed E-state index contributed by atoms with van der Waals surface area (Å²) in [6.07, 6.45) is 1.18. The highest BCUT2D eigenvalue weighted by Gasteiger charge is 2.27. The number of benzene rings is 1. The van der Waals surface area contributed by atoms with Crippen molar-refractivity contribution in [2.24, 2.45) is 5.92 Å². The number of ketones is 1. The summed E-state index contributed by atoms with van der Waals surface area (Å²) in [6, 6.07) is 1.45. The Morgan fingerprint density at radius 2 is 2.00 bits per heavy atom. The molecule has 3 heteroatoms. The topological polar surface area (TPSA) is 57.5 Å². The Morgan fingerprint density at radius 1 is 1.33 bits per heavy atom. The SMILES string of the molecule is Cc1cc(O)c(O)c2c1C(=O)C[C@H](C)C2. The molecular weight excluding hydrogens is 192 g/mol. The molecule has 1 aromatic rings. The first-order valence-corrected chi connectivity index (χ1v) is 5.08. The van der Waals surface area contributed by atoms with E-state index in [1.54, 1.807) is 6.92 Å². The normalized spacial score (nSPS) is 20.1. The van der Waals surface area contributed by atoms with E-state index >= 15 is 0 Å². The summed E-state index contributed by atoms with van der Waals surface area (Å²) in [4.78, 5) is 11.8. The lowest BCUT2D eigenvalue weighted by Gasteiger charge is -2.23. The number of rotatable bonds is 0. The summed E-state index contributed by atoms with van der Waals surface area (Å²) in [5.74, 6) is 0.0392. The molecular formula is C12H14O3. The molecule has 0 heterocycles. The van der Waals surface area contributed by atoms with Gasteiger partial charge in [0, 0.05) is 17.5 Å². The molecule has 0 aromatic heterocycles. The molecule has 2 N–H and O–H groups in total. The average Bonchev–Trinajstić information content (AvgIpc) is 2.12. The maximum Gasteiger partial charge on any atom is 0.163 e. The van der Waals surface area contributed by atoms with Crippen molar-refractivity contribution in [3.05, 3.63) is 22.8 Å². The van der Waals surface area contributed by atoms with Crippen LogP contribution in [0.2, 0.25) is 0 Å². The van der Waals surface area contributed by atoms with E-state index in [-0.39, 0.29) is 23.2 Å². The van der Waals surface area contributed by atoms with Gasteiger partial charge in [-0.05, 0) is 30.9 Å². The van der Waals surface area contributed by atoms with E-state index in [1.807, 2.05) is 6.92 Å². The van der Waals surface area contributed by atoms with Gasteiger partial charge in [0.2, 0.25) is 0 Å². The highest BCUT2D eigenvalue weighted by molar-refractivity contribution is 6.01. The molecule has 0 radical (unpaired) electrons. The van der Waals surface area contributed by atoms with Gasteiger partial charge >= 0.3 is 0 Å². The number of Topliss-reactive ketones (excluding diaryl/α,β-unsaturated/α-hetero) is 1. The van der Waals surface area contributed by atoms with Crippen molar-refractivity contribution < 1.29 is 15.0 Å². The summed E-state index contributed by atoms with van der Waals surface area (Å²) >= 11 is 0. The largest absolute Gasteiger partial charge is 0.504 e. The van der Waals surface area contributed by atoms with Crippen LogP contribution in [0.3, 0.4) is 0 Å². The van der Waals surface area contributed by atoms with Gasteiger partial charge in [-0.2, -0.15) is 0 Å². The second kappa shape index (κ2) is 3.26.